The van der Waals surface area contributed by atoms with Crippen molar-refractivity contribution in [3.63, 3.8) is 0 Å². The average Bonchev–Trinajstić information content (AvgIpc) is 2.55. The number of H-pyrrole nitrogens is 1. The zero-order chi connectivity index (χ0) is 11.3. The summed E-state index contributed by atoms with van der Waals surface area (Å²) in [5, 5.41) is 2.48. The highest BCUT2D eigenvalue weighted by atomic mass is 14.9. The van der Waals surface area contributed by atoms with Crippen LogP contribution in [0.25, 0.3) is 21.9 Å². The van der Waals surface area contributed by atoms with Gasteiger partial charge in [-0.2, -0.15) is 0 Å². The van der Waals surface area contributed by atoms with Crippen LogP contribution < -0.4 is 0 Å². The smallest absolute Gasteiger partial charge is 0.138 e. The van der Waals surface area contributed by atoms with Crippen LogP contribution in [-0.4, -0.2) is 9.97 Å². The molecule has 0 fully saturated rings. The van der Waals surface area contributed by atoms with Crippen LogP contribution in [-0.2, 0) is 0 Å². The molecule has 0 unspecified atom stereocenters. The third-order valence-electron chi connectivity index (χ3n) is 3.21. The number of rotatable bonds is 0. The van der Waals surface area contributed by atoms with Gasteiger partial charge in [-0.15, -0.1) is 0 Å². The van der Waals surface area contributed by atoms with E-state index in [2.05, 4.69) is 48.1 Å². The summed E-state index contributed by atoms with van der Waals surface area (Å²) in [4.78, 5) is 7.89. The molecule has 2 heterocycles. The SMILES string of the molecule is Cc1ccc2c(n1)[nH]c1cc(C)c(C)cc12. The standard InChI is InChI=1S/C14H14N2/c1-8-6-12-11-5-4-10(3)15-14(11)16-13(12)7-9(8)2/h4-7H,1-3H3,(H,15,16). The van der Waals surface area contributed by atoms with Gasteiger partial charge in [0.15, 0.2) is 0 Å². The molecule has 0 saturated carbocycles. The molecule has 80 valence electrons. The fourth-order valence-electron chi connectivity index (χ4n) is 2.14. The van der Waals surface area contributed by atoms with Crippen LogP contribution in [0.15, 0.2) is 24.3 Å². The average molecular weight is 210 g/mol. The van der Waals surface area contributed by atoms with Gasteiger partial charge in [0.2, 0.25) is 0 Å². The third kappa shape index (κ3) is 1.23. The number of nitrogens with zero attached hydrogens (tertiary/aromatic N) is 1. The molecule has 0 bridgehead atoms. The number of aryl methyl sites for hydroxylation is 3. The van der Waals surface area contributed by atoms with Gasteiger partial charge in [-0.3, -0.25) is 0 Å². The van der Waals surface area contributed by atoms with Gasteiger partial charge in [-0.1, -0.05) is 0 Å². The van der Waals surface area contributed by atoms with Crippen molar-refractivity contribution < 1.29 is 0 Å². The molecule has 16 heavy (non-hydrogen) atoms. The zero-order valence-electron chi connectivity index (χ0n) is 9.76. The van der Waals surface area contributed by atoms with E-state index in [4.69, 9.17) is 0 Å². The maximum Gasteiger partial charge on any atom is 0.138 e. The van der Waals surface area contributed by atoms with Crippen molar-refractivity contribution in [2.24, 2.45) is 0 Å². The molecule has 0 radical (unpaired) electrons. The van der Waals surface area contributed by atoms with Crippen LogP contribution in [0.4, 0.5) is 0 Å². The highest BCUT2D eigenvalue weighted by Gasteiger charge is 2.06. The van der Waals surface area contributed by atoms with Crippen molar-refractivity contribution in [3.8, 4) is 0 Å². The number of hydrogen-bond donors (Lipinski definition) is 1. The minimum atomic E-state index is 0.986. The molecule has 2 heteroatoms. The molecule has 0 saturated heterocycles. The molecule has 0 atom stereocenters. The van der Waals surface area contributed by atoms with Crippen molar-refractivity contribution in [2.75, 3.05) is 0 Å². The molecule has 0 aliphatic heterocycles. The zero-order valence-corrected chi connectivity index (χ0v) is 9.76. The first kappa shape index (κ1) is 9.40. The molecule has 3 aromatic rings. The fraction of sp³-hybridized carbons (Fsp3) is 0.214. The van der Waals surface area contributed by atoms with Gasteiger partial charge in [0.05, 0.1) is 0 Å². The Morgan fingerprint density at radius 1 is 0.938 bits per heavy atom. The predicted octanol–water partition coefficient (Wildman–Crippen LogP) is 3.64. The Hall–Kier alpha value is -1.83. The summed E-state index contributed by atoms with van der Waals surface area (Å²) in [7, 11) is 0. The fourth-order valence-corrected chi connectivity index (χ4v) is 2.14. The summed E-state index contributed by atoms with van der Waals surface area (Å²) >= 11 is 0. The van der Waals surface area contributed by atoms with Crippen molar-refractivity contribution in [3.05, 3.63) is 41.1 Å². The molecule has 0 spiro atoms. The Bertz CT molecular complexity index is 693. The Labute approximate surface area is 94.3 Å². The highest BCUT2D eigenvalue weighted by Crippen LogP contribution is 2.26. The predicted molar refractivity (Wildman–Crippen MR) is 67.8 cm³/mol. The first-order valence-corrected chi connectivity index (χ1v) is 5.51. The summed E-state index contributed by atoms with van der Waals surface area (Å²) in [5.41, 5.74) is 5.86. The molecule has 0 aliphatic rings. The summed E-state index contributed by atoms with van der Waals surface area (Å²) < 4.78 is 0. The minimum absolute atomic E-state index is 0.986. The Kier molecular flexibility index (Phi) is 1.81. The van der Waals surface area contributed by atoms with Crippen molar-refractivity contribution >= 4 is 21.9 Å². The van der Waals surface area contributed by atoms with Gasteiger partial charge in [0.25, 0.3) is 0 Å². The summed E-state index contributed by atoms with van der Waals surface area (Å²) in [6.45, 7) is 6.30. The number of benzene rings is 1. The van der Waals surface area contributed by atoms with Crippen molar-refractivity contribution in [1.82, 2.24) is 9.97 Å². The van der Waals surface area contributed by atoms with Gasteiger partial charge in [0.1, 0.15) is 5.65 Å². The van der Waals surface area contributed by atoms with Crippen LogP contribution in [0, 0.1) is 20.8 Å². The van der Waals surface area contributed by atoms with Gasteiger partial charge in [-0.25, -0.2) is 4.98 Å². The molecular formula is C14H14N2. The number of aromatic amines is 1. The second kappa shape index (κ2) is 3.08. The second-order valence-corrected chi connectivity index (χ2v) is 4.46. The van der Waals surface area contributed by atoms with Crippen molar-refractivity contribution in [2.45, 2.75) is 20.8 Å². The lowest BCUT2D eigenvalue weighted by Gasteiger charge is -1.99. The van der Waals surface area contributed by atoms with E-state index in [0.29, 0.717) is 0 Å². The van der Waals surface area contributed by atoms with Gasteiger partial charge >= 0.3 is 0 Å². The van der Waals surface area contributed by atoms with E-state index < -0.39 is 0 Å². The first-order chi connectivity index (χ1) is 7.65. The molecule has 0 aliphatic carbocycles. The molecule has 3 rings (SSSR count). The maximum absolute atomic E-state index is 4.52. The summed E-state index contributed by atoms with van der Waals surface area (Å²) in [6.07, 6.45) is 0. The quantitative estimate of drug-likeness (QED) is 0.603. The van der Waals surface area contributed by atoms with E-state index in [0.717, 1.165) is 11.3 Å². The molecule has 0 amide bonds. The molecule has 1 aromatic carbocycles. The van der Waals surface area contributed by atoms with Crippen LogP contribution in [0.1, 0.15) is 16.8 Å². The monoisotopic (exact) mass is 210 g/mol. The maximum atomic E-state index is 4.52. The lowest BCUT2D eigenvalue weighted by atomic mass is 10.1. The van der Waals surface area contributed by atoms with E-state index in [1.54, 1.807) is 0 Å². The van der Waals surface area contributed by atoms with Crippen LogP contribution in [0.5, 0.6) is 0 Å². The van der Waals surface area contributed by atoms with E-state index in [1.807, 2.05) is 6.92 Å². The number of fused-ring (bicyclic) bond motifs is 3. The van der Waals surface area contributed by atoms with Gasteiger partial charge in [-0.05, 0) is 56.2 Å². The topological polar surface area (TPSA) is 28.7 Å². The number of hydrogen-bond acceptors (Lipinski definition) is 1. The summed E-state index contributed by atoms with van der Waals surface area (Å²) in [5.74, 6) is 0. The van der Waals surface area contributed by atoms with Crippen LogP contribution >= 0.6 is 0 Å². The second-order valence-electron chi connectivity index (χ2n) is 4.46. The molecule has 1 N–H and O–H groups in total. The molecule has 2 aromatic heterocycles. The first-order valence-electron chi connectivity index (χ1n) is 5.51. The van der Waals surface area contributed by atoms with Gasteiger partial charge in [0, 0.05) is 22.0 Å². The normalized spacial score (nSPS) is 11.4. The number of nitrogens with one attached hydrogen (secondary N) is 1. The Morgan fingerprint density at radius 3 is 2.50 bits per heavy atom. The Morgan fingerprint density at radius 2 is 1.69 bits per heavy atom. The minimum Gasteiger partial charge on any atom is -0.339 e. The van der Waals surface area contributed by atoms with E-state index in [-0.39, 0.29) is 0 Å². The van der Waals surface area contributed by atoms with Gasteiger partial charge < -0.3 is 4.98 Å². The lowest BCUT2D eigenvalue weighted by molar-refractivity contribution is 1.23. The lowest BCUT2D eigenvalue weighted by Crippen LogP contribution is -1.79. The van der Waals surface area contributed by atoms with Crippen molar-refractivity contribution in [1.29, 1.82) is 0 Å². The van der Waals surface area contributed by atoms with E-state index in [1.165, 1.54) is 27.4 Å². The van der Waals surface area contributed by atoms with E-state index in [9.17, 15) is 0 Å². The Balaban J connectivity index is 2.51. The highest BCUT2D eigenvalue weighted by molar-refractivity contribution is 6.06. The summed E-state index contributed by atoms with van der Waals surface area (Å²) in [6, 6.07) is 8.64. The van der Waals surface area contributed by atoms with E-state index >= 15 is 0 Å². The number of aromatic nitrogens is 2. The third-order valence-corrected chi connectivity index (χ3v) is 3.21. The molecule has 2 nitrogen and oxygen atoms in total. The number of pyridine rings is 1. The van der Waals surface area contributed by atoms with Crippen LogP contribution in [0.3, 0.4) is 0 Å². The molecular weight excluding hydrogens is 196 g/mol. The van der Waals surface area contributed by atoms with Crippen LogP contribution in [0.2, 0.25) is 0 Å². The largest absolute Gasteiger partial charge is 0.339 e.